The first kappa shape index (κ1) is 12.1. The highest BCUT2D eigenvalue weighted by molar-refractivity contribution is 5.67. The van der Waals surface area contributed by atoms with Crippen molar-refractivity contribution in [2.45, 2.75) is 33.2 Å². The molecule has 1 N–H and O–H groups in total. The van der Waals surface area contributed by atoms with Crippen molar-refractivity contribution in [1.82, 2.24) is 10.1 Å². The molecule has 0 aliphatic carbocycles. The maximum Gasteiger partial charge on any atom is 0.303 e. The Morgan fingerprint density at radius 2 is 2.35 bits per heavy atom. The number of nitrogens with zero attached hydrogens (tertiary/aromatic N) is 2. The smallest absolute Gasteiger partial charge is 0.303 e. The zero-order valence-electron chi connectivity index (χ0n) is 10.3. The second-order valence-corrected chi connectivity index (χ2v) is 4.79. The largest absolute Gasteiger partial charge is 0.481 e. The molecule has 5 heteroatoms. The Morgan fingerprint density at radius 3 is 2.94 bits per heavy atom. The van der Waals surface area contributed by atoms with Gasteiger partial charge in [-0.3, -0.25) is 9.69 Å². The Balaban J connectivity index is 1.92. The minimum absolute atomic E-state index is 0.276. The van der Waals surface area contributed by atoms with Gasteiger partial charge in [-0.15, -0.1) is 0 Å². The SMILES string of the molecule is Cc1noc(C)c1CN1CCC(CC(=O)O)C1. The minimum Gasteiger partial charge on any atom is -0.481 e. The predicted molar refractivity (Wildman–Crippen MR) is 61.6 cm³/mol. The van der Waals surface area contributed by atoms with Crippen molar-refractivity contribution < 1.29 is 14.4 Å². The number of aryl methyl sites for hydroxylation is 2. The minimum atomic E-state index is -0.700. The molecule has 5 nitrogen and oxygen atoms in total. The van der Waals surface area contributed by atoms with Crippen molar-refractivity contribution in [3.8, 4) is 0 Å². The van der Waals surface area contributed by atoms with Crippen LogP contribution in [0.5, 0.6) is 0 Å². The van der Waals surface area contributed by atoms with Crippen LogP contribution in [-0.2, 0) is 11.3 Å². The summed E-state index contributed by atoms with van der Waals surface area (Å²) in [6.45, 7) is 6.49. The van der Waals surface area contributed by atoms with E-state index in [1.165, 1.54) is 0 Å². The van der Waals surface area contributed by atoms with E-state index in [-0.39, 0.29) is 12.3 Å². The molecule has 2 heterocycles. The molecule has 0 amide bonds. The number of rotatable bonds is 4. The Labute approximate surface area is 100 Å². The summed E-state index contributed by atoms with van der Waals surface area (Å²) in [5.41, 5.74) is 2.07. The summed E-state index contributed by atoms with van der Waals surface area (Å²) in [5.74, 6) is 0.450. The van der Waals surface area contributed by atoms with E-state index in [1.54, 1.807) is 0 Å². The van der Waals surface area contributed by atoms with Crippen LogP contribution in [-0.4, -0.2) is 34.2 Å². The molecular formula is C12H18N2O3. The molecule has 17 heavy (non-hydrogen) atoms. The second-order valence-electron chi connectivity index (χ2n) is 4.79. The number of carboxylic acid groups (broad SMARTS) is 1. The van der Waals surface area contributed by atoms with E-state index in [4.69, 9.17) is 9.63 Å². The summed E-state index contributed by atoms with van der Waals surface area (Å²) >= 11 is 0. The number of aromatic nitrogens is 1. The van der Waals surface area contributed by atoms with E-state index in [2.05, 4.69) is 10.1 Å². The molecule has 1 saturated heterocycles. The zero-order chi connectivity index (χ0) is 12.4. The number of aliphatic carboxylic acids is 1. The highest BCUT2D eigenvalue weighted by Gasteiger charge is 2.25. The normalized spacial score (nSPS) is 20.9. The van der Waals surface area contributed by atoms with Crippen molar-refractivity contribution >= 4 is 5.97 Å². The van der Waals surface area contributed by atoms with Crippen LogP contribution in [0.3, 0.4) is 0 Å². The van der Waals surface area contributed by atoms with Crippen molar-refractivity contribution in [2.24, 2.45) is 5.92 Å². The maximum atomic E-state index is 10.6. The molecule has 1 aromatic rings. The molecule has 2 rings (SSSR count). The van der Waals surface area contributed by atoms with E-state index in [0.717, 1.165) is 43.1 Å². The number of carbonyl (C=O) groups is 1. The lowest BCUT2D eigenvalue weighted by molar-refractivity contribution is -0.138. The molecule has 1 aromatic heterocycles. The summed E-state index contributed by atoms with van der Waals surface area (Å²) in [6.07, 6.45) is 1.24. The second kappa shape index (κ2) is 4.87. The molecular weight excluding hydrogens is 220 g/mol. The number of hydrogen-bond donors (Lipinski definition) is 1. The lowest BCUT2D eigenvalue weighted by Gasteiger charge is -2.15. The van der Waals surface area contributed by atoms with Crippen molar-refractivity contribution in [2.75, 3.05) is 13.1 Å². The van der Waals surface area contributed by atoms with Crippen LogP contribution in [0.25, 0.3) is 0 Å². The highest BCUT2D eigenvalue weighted by Crippen LogP contribution is 2.23. The summed E-state index contributed by atoms with van der Waals surface area (Å²) < 4.78 is 5.13. The summed E-state index contributed by atoms with van der Waals surface area (Å²) in [6, 6.07) is 0. The standard InChI is InChI=1S/C12H18N2O3/c1-8-11(9(2)17-13-8)7-14-4-3-10(6-14)5-12(15)16/h10H,3-7H2,1-2H3,(H,15,16). The summed E-state index contributed by atoms with van der Waals surface area (Å²) in [7, 11) is 0. The third-order valence-corrected chi connectivity index (χ3v) is 3.40. The van der Waals surface area contributed by atoms with Crippen molar-refractivity contribution in [3.63, 3.8) is 0 Å². The maximum absolute atomic E-state index is 10.6. The van der Waals surface area contributed by atoms with E-state index in [1.807, 2.05) is 13.8 Å². The first-order valence-electron chi connectivity index (χ1n) is 5.92. The third kappa shape index (κ3) is 2.85. The van der Waals surface area contributed by atoms with Crippen LogP contribution in [0, 0.1) is 19.8 Å². The fraction of sp³-hybridized carbons (Fsp3) is 0.667. The zero-order valence-corrected chi connectivity index (χ0v) is 10.3. The molecule has 94 valence electrons. The lowest BCUT2D eigenvalue weighted by atomic mass is 10.1. The molecule has 1 aliphatic rings. The van der Waals surface area contributed by atoms with E-state index in [9.17, 15) is 4.79 Å². The molecule has 1 unspecified atom stereocenters. The average molecular weight is 238 g/mol. The Hall–Kier alpha value is -1.36. The first-order chi connectivity index (χ1) is 8.06. The number of carboxylic acids is 1. The summed E-state index contributed by atoms with van der Waals surface area (Å²) in [4.78, 5) is 12.9. The number of likely N-dealkylation sites (tertiary alicyclic amines) is 1. The van der Waals surface area contributed by atoms with Gasteiger partial charge in [0.1, 0.15) is 5.76 Å². The average Bonchev–Trinajstić information content (AvgIpc) is 2.79. The molecule has 0 bridgehead atoms. The van der Waals surface area contributed by atoms with Gasteiger partial charge in [-0.1, -0.05) is 5.16 Å². The van der Waals surface area contributed by atoms with Crippen LogP contribution in [0.15, 0.2) is 4.52 Å². The van der Waals surface area contributed by atoms with Gasteiger partial charge in [0.25, 0.3) is 0 Å². The molecule has 0 saturated carbocycles. The van der Waals surface area contributed by atoms with Gasteiger partial charge in [0, 0.05) is 25.1 Å². The predicted octanol–water partition coefficient (Wildman–Crippen LogP) is 1.59. The Kier molecular flexibility index (Phi) is 3.47. The van der Waals surface area contributed by atoms with Gasteiger partial charge >= 0.3 is 5.97 Å². The Bertz CT molecular complexity index is 394. The number of hydrogen-bond acceptors (Lipinski definition) is 4. The molecule has 0 radical (unpaired) electrons. The van der Waals surface area contributed by atoms with E-state index >= 15 is 0 Å². The van der Waals surface area contributed by atoms with Crippen molar-refractivity contribution in [1.29, 1.82) is 0 Å². The third-order valence-electron chi connectivity index (χ3n) is 3.40. The topological polar surface area (TPSA) is 66.6 Å². The quantitative estimate of drug-likeness (QED) is 0.862. The van der Waals surface area contributed by atoms with Gasteiger partial charge in [0.2, 0.25) is 0 Å². The van der Waals surface area contributed by atoms with Gasteiger partial charge in [-0.2, -0.15) is 0 Å². The van der Waals surface area contributed by atoms with Gasteiger partial charge in [-0.05, 0) is 32.7 Å². The van der Waals surface area contributed by atoms with E-state index < -0.39 is 5.97 Å². The van der Waals surface area contributed by atoms with Gasteiger partial charge in [0.15, 0.2) is 0 Å². The molecule has 0 spiro atoms. The van der Waals surface area contributed by atoms with Crippen LogP contribution in [0.4, 0.5) is 0 Å². The Morgan fingerprint density at radius 1 is 1.59 bits per heavy atom. The van der Waals surface area contributed by atoms with Crippen LogP contribution in [0.2, 0.25) is 0 Å². The highest BCUT2D eigenvalue weighted by atomic mass is 16.5. The molecule has 1 fully saturated rings. The summed E-state index contributed by atoms with van der Waals surface area (Å²) in [5, 5.41) is 12.7. The van der Waals surface area contributed by atoms with Crippen molar-refractivity contribution in [3.05, 3.63) is 17.0 Å². The van der Waals surface area contributed by atoms with Crippen LogP contribution >= 0.6 is 0 Å². The lowest BCUT2D eigenvalue weighted by Crippen LogP contribution is -2.21. The van der Waals surface area contributed by atoms with Gasteiger partial charge in [-0.25, -0.2) is 0 Å². The molecule has 1 atom stereocenters. The van der Waals surface area contributed by atoms with E-state index in [0.29, 0.717) is 0 Å². The first-order valence-corrected chi connectivity index (χ1v) is 5.92. The monoisotopic (exact) mass is 238 g/mol. The van der Waals surface area contributed by atoms with Crippen LogP contribution < -0.4 is 0 Å². The van der Waals surface area contributed by atoms with Gasteiger partial charge in [0.05, 0.1) is 5.69 Å². The molecule has 1 aliphatic heterocycles. The fourth-order valence-corrected chi connectivity index (χ4v) is 2.42. The molecule has 0 aromatic carbocycles. The van der Waals surface area contributed by atoms with Gasteiger partial charge < -0.3 is 9.63 Å². The van der Waals surface area contributed by atoms with Crippen LogP contribution in [0.1, 0.15) is 29.9 Å². The fourth-order valence-electron chi connectivity index (χ4n) is 2.42.